The van der Waals surface area contributed by atoms with Crippen molar-refractivity contribution in [1.29, 1.82) is 0 Å². The Kier molecular flexibility index (Phi) is 4.49. The summed E-state index contributed by atoms with van der Waals surface area (Å²) < 4.78 is 0. The molecule has 0 spiro atoms. The Morgan fingerprint density at radius 1 is 1.36 bits per heavy atom. The minimum atomic E-state index is 0.477. The molecule has 2 heteroatoms. The van der Waals surface area contributed by atoms with E-state index in [1.807, 2.05) is 18.8 Å². The van der Waals surface area contributed by atoms with Gasteiger partial charge in [0.1, 0.15) is 0 Å². The summed E-state index contributed by atoms with van der Waals surface area (Å²) >= 11 is 1.88. The summed E-state index contributed by atoms with van der Waals surface area (Å²) in [7, 11) is 2.03. The number of hydrogen-bond acceptors (Lipinski definition) is 2. The molecule has 0 aliphatic carbocycles. The zero-order valence-electron chi connectivity index (χ0n) is 9.42. The minimum absolute atomic E-state index is 0.477. The van der Waals surface area contributed by atoms with Crippen LogP contribution in [0.15, 0.2) is 18.2 Å². The van der Waals surface area contributed by atoms with E-state index in [2.05, 4.69) is 43.6 Å². The van der Waals surface area contributed by atoms with Crippen molar-refractivity contribution in [3.63, 3.8) is 0 Å². The molecule has 1 atom stereocenters. The van der Waals surface area contributed by atoms with Crippen molar-refractivity contribution < 1.29 is 0 Å². The molecule has 1 nitrogen and oxygen atoms in total. The van der Waals surface area contributed by atoms with Crippen LogP contribution in [-0.2, 0) is 0 Å². The van der Waals surface area contributed by atoms with E-state index in [-0.39, 0.29) is 0 Å². The normalized spacial score (nSPS) is 12.9. The van der Waals surface area contributed by atoms with Crippen molar-refractivity contribution in [2.75, 3.05) is 19.1 Å². The summed E-state index contributed by atoms with van der Waals surface area (Å²) in [5.41, 5.74) is 4.23. The number of aryl methyl sites for hydroxylation is 1. The Morgan fingerprint density at radius 2 is 2.07 bits per heavy atom. The molecule has 1 N–H and O–H groups in total. The molecule has 0 aliphatic rings. The van der Waals surface area contributed by atoms with Gasteiger partial charge in [0.2, 0.25) is 0 Å². The predicted molar refractivity (Wildman–Crippen MR) is 66.1 cm³/mol. The number of benzene rings is 1. The van der Waals surface area contributed by atoms with Crippen molar-refractivity contribution in [2.45, 2.75) is 19.9 Å². The van der Waals surface area contributed by atoms with Crippen LogP contribution < -0.4 is 5.32 Å². The number of rotatable bonds is 4. The van der Waals surface area contributed by atoms with Crippen LogP contribution in [0.4, 0.5) is 0 Å². The lowest BCUT2D eigenvalue weighted by Crippen LogP contribution is -2.19. The molecule has 0 fully saturated rings. The van der Waals surface area contributed by atoms with Crippen molar-refractivity contribution in [1.82, 2.24) is 5.32 Å². The Balaban J connectivity index is 2.97. The van der Waals surface area contributed by atoms with E-state index in [1.165, 1.54) is 16.7 Å². The maximum absolute atomic E-state index is 3.37. The van der Waals surface area contributed by atoms with Crippen LogP contribution in [0.1, 0.15) is 22.7 Å². The molecule has 78 valence electrons. The van der Waals surface area contributed by atoms with Gasteiger partial charge in [0.15, 0.2) is 0 Å². The minimum Gasteiger partial charge on any atom is -0.312 e. The van der Waals surface area contributed by atoms with E-state index in [1.54, 1.807) is 0 Å². The lowest BCUT2D eigenvalue weighted by molar-refractivity contribution is 0.657. The highest BCUT2D eigenvalue weighted by molar-refractivity contribution is 7.98. The zero-order valence-corrected chi connectivity index (χ0v) is 10.2. The predicted octanol–water partition coefficient (Wildman–Crippen LogP) is 2.93. The maximum Gasteiger partial charge on any atom is 0.0412 e. The van der Waals surface area contributed by atoms with Crippen LogP contribution >= 0.6 is 11.8 Å². The third-order valence-corrected chi connectivity index (χ3v) is 3.37. The van der Waals surface area contributed by atoms with E-state index in [9.17, 15) is 0 Å². The van der Waals surface area contributed by atoms with Crippen molar-refractivity contribution in [2.24, 2.45) is 0 Å². The van der Waals surface area contributed by atoms with Crippen molar-refractivity contribution in [3.05, 3.63) is 34.9 Å². The molecule has 0 radical (unpaired) electrons. The van der Waals surface area contributed by atoms with Gasteiger partial charge in [0, 0.05) is 11.8 Å². The van der Waals surface area contributed by atoms with Crippen LogP contribution in [0.2, 0.25) is 0 Å². The summed E-state index contributed by atoms with van der Waals surface area (Å²) in [6.45, 7) is 4.37. The van der Waals surface area contributed by atoms with Crippen molar-refractivity contribution >= 4 is 11.8 Å². The average Bonchev–Trinajstić information content (AvgIpc) is 2.19. The molecular weight excluding hydrogens is 190 g/mol. The number of thioether (sulfide) groups is 1. The van der Waals surface area contributed by atoms with Crippen molar-refractivity contribution in [3.8, 4) is 0 Å². The fourth-order valence-corrected chi connectivity index (χ4v) is 2.33. The Hall–Kier alpha value is -0.470. The van der Waals surface area contributed by atoms with Crippen LogP contribution in [0.3, 0.4) is 0 Å². The molecule has 0 saturated carbocycles. The summed E-state index contributed by atoms with van der Waals surface area (Å²) in [6.07, 6.45) is 2.15. The quantitative estimate of drug-likeness (QED) is 0.818. The third-order valence-electron chi connectivity index (χ3n) is 2.70. The second kappa shape index (κ2) is 5.42. The molecule has 0 saturated heterocycles. The van der Waals surface area contributed by atoms with E-state index in [4.69, 9.17) is 0 Å². The standard InChI is InChI=1S/C12H19NS/c1-9-6-5-7-11(10(9)2)12(13-3)8-14-4/h5-7,12-13H,8H2,1-4H3. The van der Waals surface area contributed by atoms with E-state index in [0.717, 1.165) is 5.75 Å². The lowest BCUT2D eigenvalue weighted by atomic mass is 9.98. The second-order valence-electron chi connectivity index (χ2n) is 3.59. The number of nitrogens with one attached hydrogen (secondary N) is 1. The first kappa shape index (κ1) is 11.6. The van der Waals surface area contributed by atoms with Crippen LogP contribution in [-0.4, -0.2) is 19.1 Å². The van der Waals surface area contributed by atoms with E-state index in [0.29, 0.717) is 6.04 Å². The first-order valence-corrected chi connectivity index (χ1v) is 6.32. The molecule has 1 rings (SSSR count). The van der Waals surface area contributed by atoms with Gasteiger partial charge in [-0.1, -0.05) is 18.2 Å². The highest BCUT2D eigenvalue weighted by Gasteiger charge is 2.11. The Labute approximate surface area is 91.3 Å². The maximum atomic E-state index is 3.37. The molecule has 1 aromatic rings. The van der Waals surface area contributed by atoms with Gasteiger partial charge in [-0.15, -0.1) is 0 Å². The first-order chi connectivity index (χ1) is 6.70. The molecule has 14 heavy (non-hydrogen) atoms. The van der Waals surface area contributed by atoms with Gasteiger partial charge in [-0.25, -0.2) is 0 Å². The zero-order chi connectivity index (χ0) is 10.6. The first-order valence-electron chi connectivity index (χ1n) is 4.93. The largest absolute Gasteiger partial charge is 0.312 e. The number of hydrogen-bond donors (Lipinski definition) is 1. The molecule has 0 amide bonds. The molecule has 0 bridgehead atoms. The van der Waals surface area contributed by atoms with E-state index < -0.39 is 0 Å². The fraction of sp³-hybridized carbons (Fsp3) is 0.500. The van der Waals surface area contributed by atoms with E-state index >= 15 is 0 Å². The summed E-state index contributed by atoms with van der Waals surface area (Å²) in [5, 5.41) is 3.37. The Morgan fingerprint density at radius 3 is 2.64 bits per heavy atom. The topological polar surface area (TPSA) is 12.0 Å². The highest BCUT2D eigenvalue weighted by Crippen LogP contribution is 2.22. The van der Waals surface area contributed by atoms with Gasteiger partial charge in [-0.2, -0.15) is 11.8 Å². The van der Waals surface area contributed by atoms with Gasteiger partial charge in [0.05, 0.1) is 0 Å². The second-order valence-corrected chi connectivity index (χ2v) is 4.50. The summed E-state index contributed by atoms with van der Waals surface area (Å²) in [5.74, 6) is 1.13. The average molecular weight is 209 g/mol. The Bertz CT molecular complexity index is 296. The van der Waals surface area contributed by atoms with Gasteiger partial charge in [0.25, 0.3) is 0 Å². The lowest BCUT2D eigenvalue weighted by Gasteiger charge is -2.18. The summed E-state index contributed by atoms with van der Waals surface area (Å²) in [4.78, 5) is 0. The van der Waals surface area contributed by atoms with Crippen LogP contribution in [0, 0.1) is 13.8 Å². The SMILES string of the molecule is CNC(CSC)c1cccc(C)c1C. The monoisotopic (exact) mass is 209 g/mol. The van der Waals surface area contributed by atoms with Gasteiger partial charge in [-0.3, -0.25) is 0 Å². The molecule has 0 aliphatic heterocycles. The van der Waals surface area contributed by atoms with Crippen LogP contribution in [0.5, 0.6) is 0 Å². The molecular formula is C12H19NS. The molecule has 1 unspecified atom stereocenters. The van der Waals surface area contributed by atoms with Gasteiger partial charge in [-0.05, 0) is 43.8 Å². The smallest absolute Gasteiger partial charge is 0.0412 e. The highest BCUT2D eigenvalue weighted by atomic mass is 32.2. The molecule has 0 heterocycles. The summed E-state index contributed by atoms with van der Waals surface area (Å²) in [6, 6.07) is 7.01. The molecule has 1 aromatic carbocycles. The fourth-order valence-electron chi connectivity index (χ4n) is 1.65. The molecule has 0 aromatic heterocycles. The van der Waals surface area contributed by atoms with Crippen LogP contribution in [0.25, 0.3) is 0 Å². The van der Waals surface area contributed by atoms with Gasteiger partial charge < -0.3 is 5.32 Å². The third kappa shape index (κ3) is 2.52. The van der Waals surface area contributed by atoms with Gasteiger partial charge >= 0.3 is 0 Å².